The molecule has 1 saturated carbocycles. The zero-order valence-electron chi connectivity index (χ0n) is 12.9. The molecule has 18 heavy (non-hydrogen) atoms. The molecule has 0 aromatic heterocycles. The van der Waals surface area contributed by atoms with Crippen LogP contribution >= 0.6 is 0 Å². The van der Waals surface area contributed by atoms with E-state index >= 15 is 0 Å². The molecular formula is C15H32N2O. The first kappa shape index (κ1) is 15.9. The van der Waals surface area contributed by atoms with Crippen LogP contribution in [0.1, 0.15) is 53.9 Å². The van der Waals surface area contributed by atoms with Crippen molar-refractivity contribution in [1.29, 1.82) is 0 Å². The molecule has 2 atom stereocenters. The van der Waals surface area contributed by atoms with Crippen molar-refractivity contribution in [1.82, 2.24) is 5.32 Å². The molecule has 0 saturated heterocycles. The van der Waals surface area contributed by atoms with Crippen LogP contribution in [0.15, 0.2) is 0 Å². The lowest BCUT2D eigenvalue weighted by Gasteiger charge is -2.59. The van der Waals surface area contributed by atoms with Crippen LogP contribution in [0.4, 0.5) is 0 Å². The van der Waals surface area contributed by atoms with Crippen molar-refractivity contribution >= 4 is 0 Å². The number of ether oxygens (including phenoxy) is 1. The van der Waals surface area contributed by atoms with E-state index in [9.17, 15) is 0 Å². The number of nitrogens with two attached hydrogens (primary N) is 1. The van der Waals surface area contributed by atoms with E-state index in [1.165, 1.54) is 12.8 Å². The van der Waals surface area contributed by atoms with Gasteiger partial charge in [0, 0.05) is 24.1 Å². The maximum Gasteiger partial charge on any atom is 0.0662 e. The number of nitrogens with one attached hydrogen (secondary N) is 1. The van der Waals surface area contributed by atoms with Crippen LogP contribution in [0.3, 0.4) is 0 Å². The number of rotatable bonds is 8. The summed E-state index contributed by atoms with van der Waals surface area (Å²) in [5, 5.41) is 3.57. The molecule has 0 radical (unpaired) electrons. The Morgan fingerprint density at radius 2 is 1.89 bits per heavy atom. The molecule has 3 N–H and O–H groups in total. The zero-order valence-corrected chi connectivity index (χ0v) is 12.9. The fraction of sp³-hybridized carbons (Fsp3) is 1.00. The highest BCUT2D eigenvalue weighted by molar-refractivity contribution is 5.14. The van der Waals surface area contributed by atoms with Crippen LogP contribution in [-0.2, 0) is 4.74 Å². The highest BCUT2D eigenvalue weighted by atomic mass is 16.5. The Balaban J connectivity index is 2.38. The average Bonchev–Trinajstić information content (AvgIpc) is 2.34. The second kappa shape index (κ2) is 6.36. The maximum absolute atomic E-state index is 6.53. The van der Waals surface area contributed by atoms with Crippen molar-refractivity contribution in [2.24, 2.45) is 17.1 Å². The van der Waals surface area contributed by atoms with Gasteiger partial charge in [-0.2, -0.15) is 0 Å². The SMILES string of the molecule is CCOC1CC(N)(CNCC(CC)CC)C1(C)C. The van der Waals surface area contributed by atoms with Crippen molar-refractivity contribution in [2.45, 2.75) is 65.5 Å². The minimum atomic E-state index is -0.112. The summed E-state index contributed by atoms with van der Waals surface area (Å²) in [6.07, 6.45) is 3.78. The molecule has 108 valence electrons. The van der Waals surface area contributed by atoms with Gasteiger partial charge >= 0.3 is 0 Å². The Labute approximate surface area is 113 Å². The van der Waals surface area contributed by atoms with Gasteiger partial charge in [0.1, 0.15) is 0 Å². The van der Waals surface area contributed by atoms with Gasteiger partial charge in [-0.25, -0.2) is 0 Å². The van der Waals surface area contributed by atoms with E-state index in [-0.39, 0.29) is 11.0 Å². The summed E-state index contributed by atoms with van der Waals surface area (Å²) in [4.78, 5) is 0. The number of hydrogen-bond acceptors (Lipinski definition) is 3. The van der Waals surface area contributed by atoms with E-state index in [0.29, 0.717) is 6.10 Å². The molecule has 1 aliphatic rings. The standard InChI is InChI=1S/C15H32N2O/c1-6-12(7-2)10-17-11-15(16)9-13(18-8-3)14(15,4)5/h12-13,17H,6-11,16H2,1-5H3. The summed E-state index contributed by atoms with van der Waals surface area (Å²) in [6, 6.07) is 0. The fourth-order valence-corrected chi connectivity index (χ4v) is 2.88. The highest BCUT2D eigenvalue weighted by Crippen LogP contribution is 2.49. The highest BCUT2D eigenvalue weighted by Gasteiger charge is 2.58. The molecule has 0 heterocycles. The predicted molar refractivity (Wildman–Crippen MR) is 77.7 cm³/mol. The van der Waals surface area contributed by atoms with Crippen LogP contribution in [0.5, 0.6) is 0 Å². The van der Waals surface area contributed by atoms with Crippen molar-refractivity contribution in [3.8, 4) is 0 Å². The van der Waals surface area contributed by atoms with E-state index in [4.69, 9.17) is 10.5 Å². The average molecular weight is 256 g/mol. The van der Waals surface area contributed by atoms with Crippen molar-refractivity contribution in [3.05, 3.63) is 0 Å². The molecule has 2 unspecified atom stereocenters. The van der Waals surface area contributed by atoms with Gasteiger partial charge in [0.05, 0.1) is 6.10 Å². The van der Waals surface area contributed by atoms with Crippen LogP contribution in [0.2, 0.25) is 0 Å². The van der Waals surface area contributed by atoms with Crippen molar-refractivity contribution < 1.29 is 4.74 Å². The molecule has 0 bridgehead atoms. The fourth-order valence-electron chi connectivity index (χ4n) is 2.88. The summed E-state index contributed by atoms with van der Waals surface area (Å²) in [6.45, 7) is 13.8. The summed E-state index contributed by atoms with van der Waals surface area (Å²) < 4.78 is 5.75. The Kier molecular flexibility index (Phi) is 5.63. The van der Waals surface area contributed by atoms with Crippen molar-refractivity contribution in [2.75, 3.05) is 19.7 Å². The third kappa shape index (κ3) is 3.06. The molecule has 3 heteroatoms. The summed E-state index contributed by atoms with van der Waals surface area (Å²) >= 11 is 0. The molecule has 0 aromatic carbocycles. The maximum atomic E-state index is 6.53. The normalized spacial score (nSPS) is 30.5. The van der Waals surface area contributed by atoms with Crippen LogP contribution in [0, 0.1) is 11.3 Å². The van der Waals surface area contributed by atoms with Gasteiger partial charge in [-0.1, -0.05) is 40.5 Å². The molecule has 1 rings (SSSR count). The largest absolute Gasteiger partial charge is 0.378 e. The lowest BCUT2D eigenvalue weighted by Crippen LogP contribution is -2.73. The van der Waals surface area contributed by atoms with E-state index in [0.717, 1.165) is 32.0 Å². The smallest absolute Gasteiger partial charge is 0.0662 e. The van der Waals surface area contributed by atoms with Gasteiger partial charge in [0.15, 0.2) is 0 Å². The van der Waals surface area contributed by atoms with Gasteiger partial charge in [0.25, 0.3) is 0 Å². The second-order valence-electron chi connectivity index (χ2n) is 6.34. The lowest BCUT2D eigenvalue weighted by atomic mass is 9.54. The summed E-state index contributed by atoms with van der Waals surface area (Å²) in [7, 11) is 0. The minimum absolute atomic E-state index is 0.0733. The quantitative estimate of drug-likeness (QED) is 0.701. The Morgan fingerprint density at radius 1 is 1.28 bits per heavy atom. The molecule has 3 nitrogen and oxygen atoms in total. The summed E-state index contributed by atoms with van der Waals surface area (Å²) in [5.41, 5.74) is 6.49. The number of hydrogen-bond donors (Lipinski definition) is 2. The topological polar surface area (TPSA) is 47.3 Å². The molecule has 0 amide bonds. The van der Waals surface area contributed by atoms with Gasteiger partial charge in [-0.3, -0.25) is 0 Å². The Hall–Kier alpha value is -0.120. The van der Waals surface area contributed by atoms with E-state index < -0.39 is 0 Å². The minimum Gasteiger partial charge on any atom is -0.378 e. The van der Waals surface area contributed by atoms with Gasteiger partial charge in [0.2, 0.25) is 0 Å². The van der Waals surface area contributed by atoms with E-state index in [1.54, 1.807) is 0 Å². The lowest BCUT2D eigenvalue weighted by molar-refractivity contribution is -0.148. The van der Waals surface area contributed by atoms with E-state index in [2.05, 4.69) is 39.9 Å². The molecule has 0 aliphatic heterocycles. The summed E-state index contributed by atoms with van der Waals surface area (Å²) in [5.74, 6) is 0.777. The Bertz CT molecular complexity index is 251. The first-order chi connectivity index (χ1) is 8.41. The van der Waals surface area contributed by atoms with Crippen LogP contribution < -0.4 is 11.1 Å². The molecule has 0 spiro atoms. The first-order valence-electron chi connectivity index (χ1n) is 7.52. The first-order valence-corrected chi connectivity index (χ1v) is 7.52. The van der Waals surface area contributed by atoms with Crippen molar-refractivity contribution in [3.63, 3.8) is 0 Å². The van der Waals surface area contributed by atoms with Gasteiger partial charge < -0.3 is 15.8 Å². The van der Waals surface area contributed by atoms with Crippen LogP contribution in [0.25, 0.3) is 0 Å². The zero-order chi connectivity index (χ0) is 13.8. The van der Waals surface area contributed by atoms with Gasteiger partial charge in [-0.15, -0.1) is 0 Å². The second-order valence-corrected chi connectivity index (χ2v) is 6.34. The Morgan fingerprint density at radius 3 is 2.33 bits per heavy atom. The van der Waals surface area contributed by atoms with E-state index in [1.807, 2.05) is 0 Å². The molecule has 1 aliphatic carbocycles. The van der Waals surface area contributed by atoms with Crippen LogP contribution in [-0.4, -0.2) is 31.3 Å². The molecule has 1 fully saturated rings. The molecular weight excluding hydrogens is 224 g/mol. The third-order valence-electron chi connectivity index (χ3n) is 5.03. The predicted octanol–water partition coefficient (Wildman–Crippen LogP) is 2.54. The monoisotopic (exact) mass is 256 g/mol. The van der Waals surface area contributed by atoms with Gasteiger partial charge in [-0.05, 0) is 25.8 Å². The third-order valence-corrected chi connectivity index (χ3v) is 5.03. The molecule has 0 aromatic rings.